The first-order chi connectivity index (χ1) is 16.3. The summed E-state index contributed by atoms with van der Waals surface area (Å²) in [5.41, 5.74) is 14.0. The number of nitrogens with zero attached hydrogens (tertiary/aromatic N) is 1. The van der Waals surface area contributed by atoms with Crippen molar-refractivity contribution in [3.05, 3.63) is 100 Å². The van der Waals surface area contributed by atoms with Crippen LogP contribution in [0.3, 0.4) is 0 Å². The summed E-state index contributed by atoms with van der Waals surface area (Å²) in [5.74, 6) is -1.06. The van der Waals surface area contributed by atoms with Crippen LogP contribution in [0, 0.1) is 11.7 Å². The highest BCUT2D eigenvalue weighted by atomic mass is 19.1. The van der Waals surface area contributed by atoms with Gasteiger partial charge in [-0.05, 0) is 78.3 Å². The molecule has 1 amide bonds. The Morgan fingerprint density at radius 3 is 2.74 bits per heavy atom. The van der Waals surface area contributed by atoms with Crippen molar-refractivity contribution in [2.24, 2.45) is 11.7 Å². The molecule has 0 saturated heterocycles. The number of amides is 1. The van der Waals surface area contributed by atoms with E-state index in [4.69, 9.17) is 5.73 Å². The van der Waals surface area contributed by atoms with Gasteiger partial charge in [0.15, 0.2) is 6.10 Å². The molecule has 3 atom stereocenters. The van der Waals surface area contributed by atoms with E-state index in [1.807, 2.05) is 23.3 Å². The number of hydrogen-bond acceptors (Lipinski definition) is 5. The van der Waals surface area contributed by atoms with Crippen molar-refractivity contribution in [3.63, 3.8) is 0 Å². The van der Waals surface area contributed by atoms with Crippen LogP contribution in [0.4, 0.5) is 10.1 Å². The smallest absolute Gasteiger partial charge is 0.250 e. The predicted molar refractivity (Wildman–Crippen MR) is 127 cm³/mol. The molecule has 0 spiro atoms. The summed E-state index contributed by atoms with van der Waals surface area (Å²) in [6, 6.07) is 13.5. The van der Waals surface area contributed by atoms with Gasteiger partial charge in [-0.2, -0.15) is 0 Å². The molecule has 1 heterocycles. The number of carbonyl (C=O) groups excluding carboxylic acids is 1. The molecule has 0 radical (unpaired) electrons. The number of primary amides is 1. The Hall–Kier alpha value is -3.42. The number of hydrazine groups is 1. The van der Waals surface area contributed by atoms with Crippen LogP contribution in [0.25, 0.3) is 0 Å². The van der Waals surface area contributed by atoms with E-state index in [2.05, 4.69) is 18.4 Å². The molecule has 0 fully saturated rings. The van der Waals surface area contributed by atoms with Gasteiger partial charge in [0.2, 0.25) is 0 Å². The van der Waals surface area contributed by atoms with Gasteiger partial charge in [-0.1, -0.05) is 31.2 Å². The summed E-state index contributed by atoms with van der Waals surface area (Å²) in [6.07, 6.45) is 5.06. The minimum absolute atomic E-state index is 0.00639. The van der Waals surface area contributed by atoms with E-state index in [-0.39, 0.29) is 11.7 Å². The molecule has 176 valence electrons. The Morgan fingerprint density at radius 2 is 2.00 bits per heavy atom. The van der Waals surface area contributed by atoms with Crippen LogP contribution in [0.1, 0.15) is 43.4 Å². The molecule has 7 heteroatoms. The monoisotopic (exact) mass is 461 g/mol. The van der Waals surface area contributed by atoms with Crippen LogP contribution >= 0.6 is 0 Å². The lowest BCUT2D eigenvalue weighted by atomic mass is 9.76. The highest BCUT2D eigenvalue weighted by Crippen LogP contribution is 2.51. The average Bonchev–Trinajstić information content (AvgIpc) is 3.40. The van der Waals surface area contributed by atoms with E-state index in [9.17, 15) is 19.4 Å². The number of rotatable bonds is 6. The summed E-state index contributed by atoms with van der Waals surface area (Å²) in [6.45, 7) is 2.10. The first kappa shape index (κ1) is 22.4. The Labute approximate surface area is 197 Å². The van der Waals surface area contributed by atoms with Crippen molar-refractivity contribution in [2.75, 3.05) is 5.01 Å². The third kappa shape index (κ3) is 3.71. The molecule has 0 bridgehead atoms. The third-order valence-corrected chi connectivity index (χ3v) is 7.26. The molecule has 0 saturated carbocycles. The summed E-state index contributed by atoms with van der Waals surface area (Å²) in [4.78, 5) is 11.5. The van der Waals surface area contributed by atoms with Crippen LogP contribution in [0.15, 0.2) is 83.2 Å². The molecule has 5 N–H and O–H groups in total. The zero-order chi connectivity index (χ0) is 24.0. The lowest BCUT2D eigenvalue weighted by molar-refractivity contribution is -0.126. The number of hydrogen-bond donors (Lipinski definition) is 4. The highest BCUT2D eigenvalue weighted by molar-refractivity contribution is 5.80. The van der Waals surface area contributed by atoms with E-state index in [1.54, 1.807) is 24.3 Å². The summed E-state index contributed by atoms with van der Waals surface area (Å²) in [7, 11) is 0. The predicted octanol–water partition coefficient (Wildman–Crippen LogP) is 3.54. The van der Waals surface area contributed by atoms with Crippen LogP contribution in [-0.2, 0) is 11.2 Å². The van der Waals surface area contributed by atoms with Crippen LogP contribution < -0.4 is 16.2 Å². The highest BCUT2D eigenvalue weighted by Gasteiger charge is 2.45. The van der Waals surface area contributed by atoms with Crippen LogP contribution in [0.2, 0.25) is 0 Å². The number of allylic oxidation sites excluding steroid dienone is 3. The Kier molecular flexibility index (Phi) is 5.54. The molecule has 0 aromatic heterocycles. The maximum atomic E-state index is 13.4. The number of anilines is 1. The fourth-order valence-electron chi connectivity index (χ4n) is 5.55. The van der Waals surface area contributed by atoms with Crippen molar-refractivity contribution in [2.45, 2.75) is 44.3 Å². The van der Waals surface area contributed by atoms with Crippen molar-refractivity contribution in [1.82, 2.24) is 5.43 Å². The number of halogens is 1. The summed E-state index contributed by atoms with van der Waals surface area (Å²) >= 11 is 0. The van der Waals surface area contributed by atoms with Crippen LogP contribution in [-0.4, -0.2) is 21.7 Å². The molecular formula is C27H28FN3O3. The fourth-order valence-corrected chi connectivity index (χ4v) is 5.55. The second-order valence-electron chi connectivity index (χ2n) is 9.27. The molecule has 2 aromatic carbocycles. The van der Waals surface area contributed by atoms with Gasteiger partial charge in [0, 0.05) is 17.7 Å². The number of carbonyl (C=O) groups is 1. The number of benzene rings is 2. The quantitative estimate of drug-likeness (QED) is 0.528. The maximum absolute atomic E-state index is 13.4. The van der Waals surface area contributed by atoms with Gasteiger partial charge in [-0.3, -0.25) is 9.80 Å². The van der Waals surface area contributed by atoms with E-state index in [1.165, 1.54) is 12.1 Å². The molecule has 5 rings (SSSR count). The van der Waals surface area contributed by atoms with Gasteiger partial charge in [-0.15, -0.1) is 0 Å². The van der Waals surface area contributed by atoms with E-state index in [0.717, 1.165) is 40.1 Å². The number of aryl methyl sites for hydroxylation is 1. The normalized spacial score (nSPS) is 24.2. The largest absolute Gasteiger partial charge is 0.385 e. The lowest BCUT2D eigenvalue weighted by Crippen LogP contribution is -2.35. The summed E-state index contributed by atoms with van der Waals surface area (Å²) < 4.78 is 13.4. The molecule has 3 aliphatic rings. The van der Waals surface area contributed by atoms with Gasteiger partial charge < -0.3 is 21.4 Å². The zero-order valence-electron chi connectivity index (χ0n) is 19.0. The number of aliphatic hydroxyl groups excluding tert-OH is 1. The SMILES string of the molecule is C[C@H]1C2=CNN(c3ccc(F)cc3)C2=CC2=C1[C@](O)(CCc1ccccc1C(O)C(N)=O)CC2. The van der Waals surface area contributed by atoms with Gasteiger partial charge in [0.25, 0.3) is 5.91 Å². The molecular weight excluding hydrogens is 433 g/mol. The van der Waals surface area contributed by atoms with Crippen molar-refractivity contribution >= 4 is 11.6 Å². The lowest BCUT2D eigenvalue weighted by Gasteiger charge is -2.34. The number of nitrogens with two attached hydrogens (primary N) is 1. The van der Waals surface area contributed by atoms with Gasteiger partial charge in [0.05, 0.1) is 17.0 Å². The molecule has 34 heavy (non-hydrogen) atoms. The van der Waals surface area contributed by atoms with E-state index in [0.29, 0.717) is 24.8 Å². The molecule has 1 aliphatic heterocycles. The molecule has 1 unspecified atom stereocenters. The minimum atomic E-state index is -1.37. The second-order valence-corrected chi connectivity index (χ2v) is 9.27. The Balaban J connectivity index is 1.41. The standard InChI is InChI=1S/C27H28FN3O3/c1-16-22-15-30-31(20-8-6-19(28)7-9-20)23(22)14-18-11-13-27(34,24(16)18)12-10-17-4-2-3-5-21(17)25(32)26(29)33/h2-9,14-16,25,30,32,34H,10-13H2,1H3,(H2,29,33)/t16-,25?,27-/m0/s1. The third-order valence-electron chi connectivity index (χ3n) is 7.26. The Morgan fingerprint density at radius 1 is 1.26 bits per heavy atom. The van der Waals surface area contributed by atoms with E-state index >= 15 is 0 Å². The van der Waals surface area contributed by atoms with Crippen molar-refractivity contribution < 1.29 is 19.4 Å². The van der Waals surface area contributed by atoms with Gasteiger partial charge in [-0.25, -0.2) is 4.39 Å². The number of nitrogens with one attached hydrogen (secondary N) is 1. The zero-order valence-corrected chi connectivity index (χ0v) is 19.0. The molecule has 2 aliphatic carbocycles. The van der Waals surface area contributed by atoms with Gasteiger partial charge >= 0.3 is 0 Å². The molecule has 2 aromatic rings. The van der Waals surface area contributed by atoms with E-state index < -0.39 is 17.6 Å². The second kappa shape index (κ2) is 8.42. The average molecular weight is 462 g/mol. The van der Waals surface area contributed by atoms with Crippen molar-refractivity contribution in [1.29, 1.82) is 0 Å². The van der Waals surface area contributed by atoms with Gasteiger partial charge in [0.1, 0.15) is 5.82 Å². The Bertz CT molecular complexity index is 1230. The number of fused-ring (bicyclic) bond motifs is 1. The minimum Gasteiger partial charge on any atom is -0.385 e. The molecule has 6 nitrogen and oxygen atoms in total. The topological polar surface area (TPSA) is 98.8 Å². The van der Waals surface area contributed by atoms with Crippen molar-refractivity contribution in [3.8, 4) is 0 Å². The number of aliphatic hydroxyl groups is 2. The first-order valence-corrected chi connectivity index (χ1v) is 11.5. The fraction of sp³-hybridized carbons (Fsp3) is 0.296. The maximum Gasteiger partial charge on any atom is 0.250 e. The first-order valence-electron chi connectivity index (χ1n) is 11.5. The summed E-state index contributed by atoms with van der Waals surface area (Å²) in [5, 5.41) is 23.9. The van der Waals surface area contributed by atoms with Crippen LogP contribution in [0.5, 0.6) is 0 Å².